The molecular formula is C17H18F2N2O2. The number of aromatic nitrogens is 1. The Balaban J connectivity index is 2.09. The highest BCUT2D eigenvalue weighted by atomic mass is 19.3. The van der Waals surface area contributed by atoms with Gasteiger partial charge in [-0.1, -0.05) is 6.07 Å². The Morgan fingerprint density at radius 3 is 2.87 bits per heavy atom. The van der Waals surface area contributed by atoms with Crippen LogP contribution in [-0.4, -0.2) is 23.9 Å². The SMILES string of the molecule is CNC(=O)c1cccc2[nH]c([C@H]3CCCC(F)(F)C3)cc(=O)c12. The van der Waals surface area contributed by atoms with E-state index < -0.39 is 5.92 Å². The molecule has 2 aromatic rings. The summed E-state index contributed by atoms with van der Waals surface area (Å²) in [5.74, 6) is -3.39. The lowest BCUT2D eigenvalue weighted by Crippen LogP contribution is -2.26. The predicted octanol–water partition coefficient (Wildman–Crippen LogP) is 3.18. The van der Waals surface area contributed by atoms with Gasteiger partial charge in [-0.25, -0.2) is 8.78 Å². The van der Waals surface area contributed by atoms with Crippen molar-refractivity contribution < 1.29 is 13.6 Å². The number of hydrogen-bond acceptors (Lipinski definition) is 2. The Morgan fingerprint density at radius 1 is 1.39 bits per heavy atom. The summed E-state index contributed by atoms with van der Waals surface area (Å²) in [4.78, 5) is 27.4. The van der Waals surface area contributed by atoms with E-state index in [1.165, 1.54) is 13.1 Å². The lowest BCUT2D eigenvalue weighted by molar-refractivity contribution is -0.0412. The molecule has 1 heterocycles. The lowest BCUT2D eigenvalue weighted by atomic mass is 9.84. The number of benzene rings is 1. The first-order chi connectivity index (χ1) is 10.9. The number of pyridine rings is 1. The maximum Gasteiger partial charge on any atom is 0.251 e. The van der Waals surface area contributed by atoms with Gasteiger partial charge in [-0.3, -0.25) is 9.59 Å². The van der Waals surface area contributed by atoms with Crippen LogP contribution < -0.4 is 10.7 Å². The molecule has 0 bridgehead atoms. The molecule has 23 heavy (non-hydrogen) atoms. The number of H-pyrrole nitrogens is 1. The molecule has 0 saturated heterocycles. The molecule has 1 aliphatic carbocycles. The number of halogens is 2. The third-order valence-electron chi connectivity index (χ3n) is 4.43. The van der Waals surface area contributed by atoms with E-state index in [1.54, 1.807) is 18.2 Å². The Morgan fingerprint density at radius 2 is 2.17 bits per heavy atom. The summed E-state index contributed by atoms with van der Waals surface area (Å²) in [5, 5.41) is 2.79. The zero-order chi connectivity index (χ0) is 16.6. The molecule has 6 heteroatoms. The second kappa shape index (κ2) is 5.76. The summed E-state index contributed by atoms with van der Waals surface area (Å²) in [6.45, 7) is 0. The van der Waals surface area contributed by atoms with Crippen LogP contribution in [-0.2, 0) is 0 Å². The van der Waals surface area contributed by atoms with E-state index >= 15 is 0 Å². The number of hydrogen-bond donors (Lipinski definition) is 2. The van der Waals surface area contributed by atoms with Crippen molar-refractivity contribution in [2.75, 3.05) is 7.05 Å². The van der Waals surface area contributed by atoms with Gasteiger partial charge in [0.15, 0.2) is 5.43 Å². The second-order valence-electron chi connectivity index (χ2n) is 6.05. The van der Waals surface area contributed by atoms with Crippen LogP contribution >= 0.6 is 0 Å². The Kier molecular flexibility index (Phi) is 3.92. The van der Waals surface area contributed by atoms with E-state index in [0.717, 1.165) is 0 Å². The third kappa shape index (κ3) is 2.98. The smallest absolute Gasteiger partial charge is 0.251 e. The minimum Gasteiger partial charge on any atom is -0.358 e. The van der Waals surface area contributed by atoms with Gasteiger partial charge >= 0.3 is 0 Å². The fraction of sp³-hybridized carbons (Fsp3) is 0.412. The second-order valence-corrected chi connectivity index (χ2v) is 6.05. The molecule has 1 atom stereocenters. The molecule has 0 spiro atoms. The average molecular weight is 320 g/mol. The number of carbonyl (C=O) groups is 1. The van der Waals surface area contributed by atoms with Gasteiger partial charge in [0.25, 0.3) is 5.91 Å². The van der Waals surface area contributed by atoms with Crippen molar-refractivity contribution in [2.24, 2.45) is 0 Å². The van der Waals surface area contributed by atoms with E-state index in [1.807, 2.05) is 0 Å². The van der Waals surface area contributed by atoms with Gasteiger partial charge in [-0.05, 0) is 25.0 Å². The van der Waals surface area contributed by atoms with Gasteiger partial charge in [0.2, 0.25) is 5.92 Å². The molecule has 1 aromatic heterocycles. The summed E-state index contributed by atoms with van der Waals surface area (Å²) in [6.07, 6.45) is 0.730. The van der Waals surface area contributed by atoms with Crippen LogP contribution in [0.5, 0.6) is 0 Å². The molecule has 2 N–H and O–H groups in total. The quantitative estimate of drug-likeness (QED) is 0.893. The van der Waals surface area contributed by atoms with Crippen LogP contribution in [0.3, 0.4) is 0 Å². The number of carbonyl (C=O) groups excluding carboxylic acids is 1. The van der Waals surface area contributed by atoms with Gasteiger partial charge < -0.3 is 10.3 Å². The maximum atomic E-state index is 13.6. The standard InChI is InChI=1S/C17H18F2N2O2/c1-20-16(23)11-5-2-6-12-15(11)14(22)8-13(21-12)10-4-3-7-17(18,19)9-10/h2,5-6,8,10H,3-4,7,9H2,1H3,(H,20,23)(H,21,22)/t10-/m0/s1. The van der Waals surface area contributed by atoms with Crippen molar-refractivity contribution in [2.45, 2.75) is 37.5 Å². The zero-order valence-corrected chi connectivity index (χ0v) is 12.8. The highest BCUT2D eigenvalue weighted by Gasteiger charge is 2.37. The molecule has 1 saturated carbocycles. The summed E-state index contributed by atoms with van der Waals surface area (Å²) in [6, 6.07) is 6.29. The highest BCUT2D eigenvalue weighted by Crippen LogP contribution is 2.41. The monoisotopic (exact) mass is 320 g/mol. The van der Waals surface area contributed by atoms with Gasteiger partial charge in [0, 0.05) is 37.6 Å². The van der Waals surface area contributed by atoms with Crippen molar-refractivity contribution in [1.29, 1.82) is 0 Å². The number of aromatic amines is 1. The van der Waals surface area contributed by atoms with E-state index in [0.29, 0.717) is 24.1 Å². The minimum absolute atomic E-state index is 0.0951. The van der Waals surface area contributed by atoms with Crippen molar-refractivity contribution in [3.8, 4) is 0 Å². The van der Waals surface area contributed by atoms with Gasteiger partial charge in [0.05, 0.1) is 16.5 Å². The van der Waals surface area contributed by atoms with E-state index in [4.69, 9.17) is 0 Å². The number of amides is 1. The number of fused-ring (bicyclic) bond motifs is 1. The molecule has 4 nitrogen and oxygen atoms in total. The zero-order valence-electron chi connectivity index (χ0n) is 12.8. The molecule has 1 fully saturated rings. The van der Waals surface area contributed by atoms with Crippen LogP contribution in [0.1, 0.15) is 47.7 Å². The van der Waals surface area contributed by atoms with E-state index in [9.17, 15) is 18.4 Å². The minimum atomic E-state index is -2.68. The Bertz CT molecular complexity index is 814. The molecule has 1 aliphatic rings. The van der Waals surface area contributed by atoms with Crippen LogP contribution in [0.25, 0.3) is 10.9 Å². The number of nitrogens with one attached hydrogen (secondary N) is 2. The molecule has 3 rings (SSSR count). The van der Waals surface area contributed by atoms with Crippen LogP contribution in [0.15, 0.2) is 29.1 Å². The maximum absolute atomic E-state index is 13.6. The predicted molar refractivity (Wildman–Crippen MR) is 84.1 cm³/mol. The van der Waals surface area contributed by atoms with E-state index in [-0.39, 0.29) is 41.0 Å². The van der Waals surface area contributed by atoms with Gasteiger partial charge in [-0.15, -0.1) is 0 Å². The first-order valence-corrected chi connectivity index (χ1v) is 7.67. The normalized spacial score (nSPS) is 20.4. The first-order valence-electron chi connectivity index (χ1n) is 7.67. The molecule has 0 unspecified atom stereocenters. The van der Waals surface area contributed by atoms with Gasteiger partial charge in [0.1, 0.15) is 0 Å². The Labute approximate surface area is 131 Å². The van der Waals surface area contributed by atoms with Crippen LogP contribution in [0, 0.1) is 0 Å². The molecule has 122 valence electrons. The van der Waals surface area contributed by atoms with Crippen molar-refractivity contribution in [3.05, 3.63) is 45.7 Å². The molecule has 0 aliphatic heterocycles. The highest BCUT2D eigenvalue weighted by molar-refractivity contribution is 6.05. The largest absolute Gasteiger partial charge is 0.358 e. The number of rotatable bonds is 2. The summed E-state index contributed by atoms with van der Waals surface area (Å²) in [7, 11) is 1.49. The average Bonchev–Trinajstić information content (AvgIpc) is 2.52. The fourth-order valence-electron chi connectivity index (χ4n) is 3.31. The summed E-state index contributed by atoms with van der Waals surface area (Å²) in [5.41, 5.74) is 0.993. The van der Waals surface area contributed by atoms with Crippen molar-refractivity contribution in [3.63, 3.8) is 0 Å². The van der Waals surface area contributed by atoms with Gasteiger partial charge in [-0.2, -0.15) is 0 Å². The van der Waals surface area contributed by atoms with Crippen LogP contribution in [0.2, 0.25) is 0 Å². The summed E-state index contributed by atoms with van der Waals surface area (Å²) >= 11 is 0. The topological polar surface area (TPSA) is 62.0 Å². The van der Waals surface area contributed by atoms with E-state index in [2.05, 4.69) is 10.3 Å². The third-order valence-corrected chi connectivity index (χ3v) is 4.43. The van der Waals surface area contributed by atoms with Crippen molar-refractivity contribution in [1.82, 2.24) is 10.3 Å². The summed E-state index contributed by atoms with van der Waals surface area (Å²) < 4.78 is 27.3. The lowest BCUT2D eigenvalue weighted by Gasteiger charge is -2.29. The van der Waals surface area contributed by atoms with Crippen LogP contribution in [0.4, 0.5) is 8.78 Å². The Hall–Kier alpha value is -2.24. The molecule has 0 radical (unpaired) electrons. The number of alkyl halides is 2. The fourth-order valence-corrected chi connectivity index (χ4v) is 3.31. The molecule has 1 aromatic carbocycles. The molecular weight excluding hydrogens is 302 g/mol. The molecule has 1 amide bonds. The van der Waals surface area contributed by atoms with Crippen molar-refractivity contribution >= 4 is 16.8 Å². The first kappa shape index (κ1) is 15.6.